The monoisotopic (exact) mass is 418 g/mol. The van der Waals surface area contributed by atoms with Crippen LogP contribution in [0, 0.1) is 13.8 Å². The molecule has 5 nitrogen and oxygen atoms in total. The van der Waals surface area contributed by atoms with Crippen molar-refractivity contribution in [2.45, 2.75) is 13.8 Å². The van der Waals surface area contributed by atoms with E-state index in [9.17, 15) is 14.7 Å². The Balaban J connectivity index is 2.21. The van der Waals surface area contributed by atoms with Crippen molar-refractivity contribution >= 4 is 46.3 Å². The number of aliphatic hydroxyl groups excluding tert-OH is 1. The first kappa shape index (κ1) is 20.4. The van der Waals surface area contributed by atoms with Crippen LogP contribution in [0.4, 0.5) is 5.69 Å². The van der Waals surface area contributed by atoms with Gasteiger partial charge in [0, 0.05) is 18.6 Å². The predicted molar refractivity (Wildman–Crippen MR) is 112 cm³/mol. The summed E-state index contributed by atoms with van der Waals surface area (Å²) < 4.78 is 0. The van der Waals surface area contributed by atoms with E-state index in [1.807, 2.05) is 32.0 Å². The molecule has 0 spiro atoms. The lowest BCUT2D eigenvalue weighted by Crippen LogP contribution is -2.35. The maximum atomic E-state index is 13.4. The highest BCUT2D eigenvalue weighted by atomic mass is 35.5. The maximum Gasteiger partial charge on any atom is 0.282 e. The van der Waals surface area contributed by atoms with E-state index in [-0.39, 0.29) is 35.1 Å². The van der Waals surface area contributed by atoms with E-state index in [4.69, 9.17) is 23.2 Å². The molecule has 2 aromatic carbocycles. The third kappa shape index (κ3) is 3.53. The highest BCUT2D eigenvalue weighted by Gasteiger charge is 2.42. The third-order valence-corrected chi connectivity index (χ3v) is 5.23. The van der Waals surface area contributed by atoms with Crippen molar-refractivity contribution in [3.8, 4) is 0 Å². The quantitative estimate of drug-likeness (QED) is 0.749. The summed E-state index contributed by atoms with van der Waals surface area (Å²) >= 11 is 12.3. The Morgan fingerprint density at radius 2 is 1.75 bits per heavy atom. The average Bonchev–Trinajstić information content (AvgIpc) is 2.88. The van der Waals surface area contributed by atoms with Crippen LogP contribution >= 0.6 is 23.2 Å². The zero-order chi connectivity index (χ0) is 20.6. The Hall–Kier alpha value is -2.34. The van der Waals surface area contributed by atoms with E-state index in [0.717, 1.165) is 16.0 Å². The molecule has 0 saturated carbocycles. The van der Waals surface area contributed by atoms with E-state index in [2.05, 4.69) is 0 Å². The van der Waals surface area contributed by atoms with Crippen molar-refractivity contribution in [2.75, 3.05) is 25.1 Å². The van der Waals surface area contributed by atoms with Gasteiger partial charge in [-0.2, -0.15) is 0 Å². The van der Waals surface area contributed by atoms with Gasteiger partial charge in [-0.1, -0.05) is 47.0 Å². The number of hydrogen-bond acceptors (Lipinski definition) is 4. The van der Waals surface area contributed by atoms with Crippen molar-refractivity contribution in [2.24, 2.45) is 0 Å². The summed E-state index contributed by atoms with van der Waals surface area (Å²) in [5, 5.41) is 9.96. The molecule has 7 heteroatoms. The molecule has 146 valence electrons. The number of nitrogens with zero attached hydrogens (tertiary/aromatic N) is 2. The molecule has 0 bridgehead atoms. The van der Waals surface area contributed by atoms with E-state index in [1.54, 1.807) is 24.1 Å². The Bertz CT molecular complexity index is 1000. The van der Waals surface area contributed by atoms with Gasteiger partial charge in [0.05, 0.1) is 22.9 Å². The molecule has 0 aromatic heterocycles. The van der Waals surface area contributed by atoms with E-state index < -0.39 is 11.8 Å². The van der Waals surface area contributed by atoms with Crippen LogP contribution in [0.5, 0.6) is 0 Å². The average molecular weight is 419 g/mol. The first-order chi connectivity index (χ1) is 13.3. The lowest BCUT2D eigenvalue weighted by atomic mass is 9.97. The summed E-state index contributed by atoms with van der Waals surface area (Å²) in [6.07, 6.45) is 0. The third-order valence-electron chi connectivity index (χ3n) is 4.68. The fourth-order valence-corrected chi connectivity index (χ4v) is 3.72. The normalized spacial score (nSPS) is 14.3. The molecule has 1 aliphatic rings. The molecule has 0 unspecified atom stereocenters. The summed E-state index contributed by atoms with van der Waals surface area (Å²) in [6.45, 7) is 3.91. The molecule has 0 atom stereocenters. The minimum Gasteiger partial charge on any atom is -0.395 e. The zero-order valence-electron chi connectivity index (χ0n) is 15.8. The number of anilines is 1. The number of benzene rings is 2. The van der Waals surface area contributed by atoms with Crippen LogP contribution in [-0.2, 0) is 9.59 Å². The summed E-state index contributed by atoms with van der Waals surface area (Å²) in [5.74, 6) is -0.971. The molecule has 1 aliphatic heterocycles. The van der Waals surface area contributed by atoms with Gasteiger partial charge in [-0.05, 0) is 43.2 Å². The lowest BCUT2D eigenvalue weighted by molar-refractivity contribution is -0.120. The molecule has 3 rings (SSSR count). The fourth-order valence-electron chi connectivity index (χ4n) is 3.35. The molecule has 0 fully saturated rings. The van der Waals surface area contributed by atoms with Gasteiger partial charge in [0.1, 0.15) is 5.70 Å². The van der Waals surface area contributed by atoms with Gasteiger partial charge in [0.25, 0.3) is 11.8 Å². The van der Waals surface area contributed by atoms with Crippen LogP contribution in [0.1, 0.15) is 16.7 Å². The Morgan fingerprint density at radius 1 is 1.04 bits per heavy atom. The second-order valence-corrected chi connectivity index (χ2v) is 7.57. The number of likely N-dealkylation sites (N-methyl/N-ethyl adjacent to an activating group) is 1. The van der Waals surface area contributed by atoms with Crippen LogP contribution in [0.3, 0.4) is 0 Å². The summed E-state index contributed by atoms with van der Waals surface area (Å²) in [7, 11) is 1.67. The Labute approximate surface area is 173 Å². The standard InChI is InChI=1S/C21H20Cl2N2O3/c1-12-4-6-15(13(2)10-12)18-19(24(3)8-9-26)21(28)25(20(18)27)17-11-14(22)5-7-16(17)23/h4-7,10-11,26H,8-9H2,1-3H3. The zero-order valence-corrected chi connectivity index (χ0v) is 17.3. The number of amides is 2. The minimum atomic E-state index is -0.500. The predicted octanol–water partition coefficient (Wildman–Crippen LogP) is 3.82. The van der Waals surface area contributed by atoms with Crippen molar-refractivity contribution in [3.63, 3.8) is 0 Å². The van der Waals surface area contributed by atoms with Gasteiger partial charge in [0.2, 0.25) is 0 Å². The van der Waals surface area contributed by atoms with E-state index in [0.29, 0.717) is 10.6 Å². The molecule has 0 aliphatic carbocycles. The number of carbonyl (C=O) groups is 2. The largest absolute Gasteiger partial charge is 0.395 e. The van der Waals surface area contributed by atoms with Crippen molar-refractivity contribution in [3.05, 3.63) is 68.8 Å². The number of carbonyl (C=O) groups excluding carboxylic acids is 2. The fraction of sp³-hybridized carbons (Fsp3) is 0.238. The molecular formula is C21H20Cl2N2O3. The second kappa shape index (κ2) is 7.95. The first-order valence-electron chi connectivity index (χ1n) is 8.74. The molecule has 2 aromatic rings. The second-order valence-electron chi connectivity index (χ2n) is 6.73. The van der Waals surface area contributed by atoms with Gasteiger partial charge < -0.3 is 10.0 Å². The van der Waals surface area contributed by atoms with Crippen LogP contribution in [0.15, 0.2) is 42.1 Å². The van der Waals surface area contributed by atoms with Crippen LogP contribution in [-0.4, -0.2) is 42.0 Å². The van der Waals surface area contributed by atoms with Gasteiger partial charge in [-0.25, -0.2) is 4.90 Å². The van der Waals surface area contributed by atoms with Crippen molar-refractivity contribution in [1.82, 2.24) is 4.90 Å². The number of hydrogen-bond donors (Lipinski definition) is 1. The highest BCUT2D eigenvalue weighted by Crippen LogP contribution is 2.39. The van der Waals surface area contributed by atoms with Gasteiger partial charge in [0.15, 0.2) is 0 Å². The highest BCUT2D eigenvalue weighted by molar-refractivity contribution is 6.47. The number of imide groups is 1. The smallest absolute Gasteiger partial charge is 0.282 e. The molecule has 0 radical (unpaired) electrons. The topological polar surface area (TPSA) is 60.9 Å². The number of halogens is 2. The maximum absolute atomic E-state index is 13.4. The van der Waals surface area contributed by atoms with Crippen LogP contribution in [0.2, 0.25) is 10.0 Å². The minimum absolute atomic E-state index is 0.153. The first-order valence-corrected chi connectivity index (χ1v) is 9.49. The Kier molecular flexibility index (Phi) is 5.79. The summed E-state index contributed by atoms with van der Waals surface area (Å²) in [4.78, 5) is 29.3. The summed E-state index contributed by atoms with van der Waals surface area (Å²) in [6, 6.07) is 10.3. The lowest BCUT2D eigenvalue weighted by Gasteiger charge is -2.21. The van der Waals surface area contributed by atoms with Crippen molar-refractivity contribution < 1.29 is 14.7 Å². The number of rotatable bonds is 5. The molecule has 28 heavy (non-hydrogen) atoms. The Morgan fingerprint density at radius 3 is 2.39 bits per heavy atom. The molecule has 0 saturated heterocycles. The van der Waals surface area contributed by atoms with Crippen molar-refractivity contribution in [1.29, 1.82) is 0 Å². The molecule has 1 N–H and O–H groups in total. The van der Waals surface area contributed by atoms with E-state index in [1.165, 1.54) is 6.07 Å². The molecule has 1 heterocycles. The summed E-state index contributed by atoms with van der Waals surface area (Å²) in [5.41, 5.74) is 3.35. The number of aryl methyl sites for hydroxylation is 2. The van der Waals surface area contributed by atoms with E-state index >= 15 is 0 Å². The van der Waals surface area contributed by atoms with Crippen LogP contribution in [0.25, 0.3) is 5.57 Å². The van der Waals surface area contributed by atoms with Crippen LogP contribution < -0.4 is 4.90 Å². The molecular weight excluding hydrogens is 399 g/mol. The van der Waals surface area contributed by atoms with Gasteiger partial charge >= 0.3 is 0 Å². The van der Waals surface area contributed by atoms with Gasteiger partial charge in [-0.15, -0.1) is 0 Å². The SMILES string of the molecule is Cc1ccc(C2=C(N(C)CCO)C(=O)N(c3cc(Cl)ccc3Cl)C2=O)c(C)c1. The number of aliphatic hydroxyl groups is 1. The molecule has 2 amide bonds. The van der Waals surface area contributed by atoms with Gasteiger partial charge in [-0.3, -0.25) is 9.59 Å².